The molecule has 0 saturated heterocycles. The summed E-state index contributed by atoms with van der Waals surface area (Å²) in [6.45, 7) is 0.852. The van der Waals surface area contributed by atoms with Gasteiger partial charge in [0.15, 0.2) is 0 Å². The summed E-state index contributed by atoms with van der Waals surface area (Å²) < 4.78 is 5.03. The number of nitrogens with one attached hydrogen (secondary N) is 1. The van der Waals surface area contributed by atoms with Crippen molar-refractivity contribution >= 4 is 11.6 Å². The maximum atomic E-state index is 11.9. The number of carbonyl (C=O) groups is 1. The smallest absolute Gasteiger partial charge is 0.253 e. The van der Waals surface area contributed by atoms with Gasteiger partial charge in [-0.3, -0.25) is 4.79 Å². The Balaban J connectivity index is 2.37. The Labute approximate surface area is 113 Å². The number of unbranched alkanes of at least 4 members (excludes halogenated alkanes) is 3. The molecule has 0 spiro atoms. The van der Waals surface area contributed by atoms with E-state index >= 15 is 0 Å². The van der Waals surface area contributed by atoms with Crippen molar-refractivity contribution < 1.29 is 14.6 Å². The lowest BCUT2D eigenvalue weighted by molar-refractivity contribution is 0.0953. The van der Waals surface area contributed by atoms with Crippen LogP contribution in [0.3, 0.4) is 0 Å². The van der Waals surface area contributed by atoms with Gasteiger partial charge in [-0.15, -0.1) is 0 Å². The van der Waals surface area contributed by atoms with Crippen molar-refractivity contribution in [3.63, 3.8) is 0 Å². The van der Waals surface area contributed by atoms with Gasteiger partial charge in [0.1, 0.15) is 5.75 Å². The summed E-state index contributed by atoms with van der Waals surface area (Å²) in [4.78, 5) is 11.9. The molecule has 0 aliphatic heterocycles. The average Bonchev–Trinajstić information content (AvgIpc) is 2.42. The van der Waals surface area contributed by atoms with Crippen LogP contribution in [0.25, 0.3) is 0 Å². The molecule has 4 N–H and O–H groups in total. The zero-order valence-corrected chi connectivity index (χ0v) is 11.3. The lowest BCUT2D eigenvalue weighted by Crippen LogP contribution is -2.25. The zero-order chi connectivity index (χ0) is 14.1. The number of carbonyl (C=O) groups excluding carboxylic acids is 1. The largest absolute Gasteiger partial charge is 0.497 e. The van der Waals surface area contributed by atoms with Crippen molar-refractivity contribution in [1.82, 2.24) is 5.32 Å². The highest BCUT2D eigenvalue weighted by atomic mass is 16.5. The predicted octanol–water partition coefficient (Wildman–Crippen LogP) is 1.56. The van der Waals surface area contributed by atoms with E-state index in [2.05, 4.69) is 5.32 Å². The molecule has 5 nitrogen and oxygen atoms in total. The normalized spacial score (nSPS) is 10.2. The van der Waals surface area contributed by atoms with E-state index in [0.717, 1.165) is 25.7 Å². The maximum absolute atomic E-state index is 11.9. The Morgan fingerprint density at radius 3 is 2.68 bits per heavy atom. The van der Waals surface area contributed by atoms with Crippen molar-refractivity contribution in [1.29, 1.82) is 0 Å². The monoisotopic (exact) mass is 266 g/mol. The third-order valence-electron chi connectivity index (χ3n) is 2.87. The van der Waals surface area contributed by atoms with E-state index in [1.165, 1.54) is 0 Å². The maximum Gasteiger partial charge on any atom is 0.253 e. The van der Waals surface area contributed by atoms with Crippen LogP contribution in [0, 0.1) is 0 Å². The summed E-state index contributed by atoms with van der Waals surface area (Å²) in [5.74, 6) is 0.473. The molecule has 0 atom stereocenters. The number of anilines is 1. The Hall–Kier alpha value is -1.75. The molecule has 0 saturated carbocycles. The van der Waals surface area contributed by atoms with Gasteiger partial charge >= 0.3 is 0 Å². The van der Waals surface area contributed by atoms with Crippen LogP contribution in [0.2, 0.25) is 0 Å². The molecule has 1 aromatic carbocycles. The van der Waals surface area contributed by atoms with Gasteiger partial charge in [-0.2, -0.15) is 0 Å². The van der Waals surface area contributed by atoms with Crippen molar-refractivity contribution in [3.05, 3.63) is 23.8 Å². The summed E-state index contributed by atoms with van der Waals surface area (Å²) >= 11 is 0. The molecule has 0 heterocycles. The third-order valence-corrected chi connectivity index (χ3v) is 2.87. The van der Waals surface area contributed by atoms with E-state index in [-0.39, 0.29) is 12.5 Å². The fourth-order valence-corrected chi connectivity index (χ4v) is 1.76. The first-order valence-corrected chi connectivity index (χ1v) is 6.51. The van der Waals surface area contributed by atoms with Gasteiger partial charge in [0.05, 0.1) is 12.7 Å². The van der Waals surface area contributed by atoms with E-state index in [1.807, 2.05) is 0 Å². The molecule has 0 fully saturated rings. The first kappa shape index (κ1) is 15.3. The predicted molar refractivity (Wildman–Crippen MR) is 75.3 cm³/mol. The van der Waals surface area contributed by atoms with Gasteiger partial charge < -0.3 is 20.9 Å². The van der Waals surface area contributed by atoms with Crippen LogP contribution in [-0.2, 0) is 0 Å². The summed E-state index contributed by atoms with van der Waals surface area (Å²) in [5.41, 5.74) is 6.68. The van der Waals surface area contributed by atoms with Gasteiger partial charge in [-0.1, -0.05) is 12.8 Å². The number of benzene rings is 1. The Kier molecular flexibility index (Phi) is 6.74. The van der Waals surface area contributed by atoms with Crippen molar-refractivity contribution in [2.45, 2.75) is 25.7 Å². The molecule has 0 unspecified atom stereocenters. The average molecular weight is 266 g/mol. The second kappa shape index (κ2) is 8.37. The minimum atomic E-state index is -0.165. The van der Waals surface area contributed by atoms with E-state index in [0.29, 0.717) is 23.5 Å². The highest BCUT2D eigenvalue weighted by Gasteiger charge is 2.09. The number of nitrogens with two attached hydrogens (primary N) is 1. The first-order valence-electron chi connectivity index (χ1n) is 6.51. The Bertz CT molecular complexity index is 408. The molecule has 106 valence electrons. The van der Waals surface area contributed by atoms with Gasteiger partial charge in [0, 0.05) is 24.9 Å². The second-order valence-electron chi connectivity index (χ2n) is 4.35. The van der Waals surface area contributed by atoms with Crippen LogP contribution >= 0.6 is 0 Å². The van der Waals surface area contributed by atoms with Gasteiger partial charge in [0.2, 0.25) is 0 Å². The number of methoxy groups -OCH3 is 1. The minimum absolute atomic E-state index is 0.165. The molecular weight excluding hydrogens is 244 g/mol. The summed E-state index contributed by atoms with van der Waals surface area (Å²) in [6, 6.07) is 5.01. The highest BCUT2D eigenvalue weighted by molar-refractivity contribution is 5.99. The number of rotatable bonds is 8. The number of amides is 1. The van der Waals surface area contributed by atoms with Crippen LogP contribution < -0.4 is 15.8 Å². The molecular formula is C14H22N2O3. The molecule has 5 heteroatoms. The molecule has 1 amide bonds. The number of ether oxygens (including phenoxy) is 1. The topological polar surface area (TPSA) is 84.6 Å². The van der Waals surface area contributed by atoms with Gasteiger partial charge in [0.25, 0.3) is 5.91 Å². The SMILES string of the molecule is COc1ccc(C(=O)NCCCCCCO)c(N)c1. The van der Waals surface area contributed by atoms with Crippen LogP contribution in [0.4, 0.5) is 5.69 Å². The molecule has 19 heavy (non-hydrogen) atoms. The van der Waals surface area contributed by atoms with Crippen LogP contribution in [0.5, 0.6) is 5.75 Å². The number of aliphatic hydroxyl groups excluding tert-OH is 1. The molecule has 0 aliphatic rings. The quantitative estimate of drug-likeness (QED) is 0.492. The third kappa shape index (κ3) is 5.18. The standard InChI is InChI=1S/C14H22N2O3/c1-19-11-6-7-12(13(15)10-11)14(18)16-8-4-2-3-5-9-17/h6-7,10,17H,2-5,8-9,15H2,1H3,(H,16,18). The number of aliphatic hydroxyl groups is 1. The Morgan fingerprint density at radius 2 is 2.05 bits per heavy atom. The summed E-state index contributed by atoms with van der Waals surface area (Å²) in [6.07, 6.45) is 3.71. The summed E-state index contributed by atoms with van der Waals surface area (Å²) in [7, 11) is 1.56. The van der Waals surface area contributed by atoms with Crippen molar-refractivity contribution in [3.8, 4) is 5.75 Å². The van der Waals surface area contributed by atoms with Crippen LogP contribution in [0.15, 0.2) is 18.2 Å². The molecule has 1 aromatic rings. The molecule has 0 aliphatic carbocycles. The number of hydrogen-bond acceptors (Lipinski definition) is 4. The first-order chi connectivity index (χ1) is 9.19. The molecule has 0 aromatic heterocycles. The zero-order valence-electron chi connectivity index (χ0n) is 11.3. The van der Waals surface area contributed by atoms with E-state index in [9.17, 15) is 4.79 Å². The van der Waals surface area contributed by atoms with Crippen molar-refractivity contribution in [2.24, 2.45) is 0 Å². The summed E-state index contributed by atoms with van der Waals surface area (Å²) in [5, 5.41) is 11.5. The fourth-order valence-electron chi connectivity index (χ4n) is 1.76. The molecule has 0 radical (unpaired) electrons. The van der Waals surface area contributed by atoms with E-state index < -0.39 is 0 Å². The Morgan fingerprint density at radius 1 is 1.32 bits per heavy atom. The van der Waals surface area contributed by atoms with E-state index in [4.69, 9.17) is 15.6 Å². The second-order valence-corrected chi connectivity index (χ2v) is 4.35. The van der Waals surface area contributed by atoms with Crippen molar-refractivity contribution in [2.75, 3.05) is 26.0 Å². The number of hydrogen-bond donors (Lipinski definition) is 3. The van der Waals surface area contributed by atoms with Gasteiger partial charge in [-0.25, -0.2) is 0 Å². The molecule has 0 bridgehead atoms. The van der Waals surface area contributed by atoms with E-state index in [1.54, 1.807) is 25.3 Å². The highest BCUT2D eigenvalue weighted by Crippen LogP contribution is 2.19. The number of nitrogen functional groups attached to an aromatic ring is 1. The van der Waals surface area contributed by atoms with Crippen LogP contribution in [-0.4, -0.2) is 31.3 Å². The minimum Gasteiger partial charge on any atom is -0.497 e. The van der Waals surface area contributed by atoms with Gasteiger partial charge in [-0.05, 0) is 25.0 Å². The fraction of sp³-hybridized carbons (Fsp3) is 0.500. The van der Waals surface area contributed by atoms with Crippen LogP contribution in [0.1, 0.15) is 36.0 Å². The lowest BCUT2D eigenvalue weighted by Gasteiger charge is -2.08. The lowest BCUT2D eigenvalue weighted by atomic mass is 10.1. The molecule has 1 rings (SSSR count).